The summed E-state index contributed by atoms with van der Waals surface area (Å²) in [5, 5.41) is 2.24. The van der Waals surface area contributed by atoms with E-state index in [1.807, 2.05) is 12.1 Å². The summed E-state index contributed by atoms with van der Waals surface area (Å²) in [6.45, 7) is 2.29. The van der Waals surface area contributed by atoms with Gasteiger partial charge in [-0.05, 0) is 84.9 Å². The van der Waals surface area contributed by atoms with Crippen LogP contribution >= 0.6 is 11.6 Å². The molecule has 158 valence electrons. The smallest absolute Gasteiger partial charge is 0.131 e. The van der Waals surface area contributed by atoms with Crippen molar-refractivity contribution in [2.45, 2.75) is 89.9 Å². The molecule has 0 radical (unpaired) electrons. The molecule has 0 N–H and O–H groups in total. The van der Waals surface area contributed by atoms with Gasteiger partial charge in [-0.2, -0.15) is 0 Å². The van der Waals surface area contributed by atoms with Crippen LogP contribution in [0, 0.1) is 23.6 Å². The molecule has 0 nitrogen and oxygen atoms in total. The zero-order valence-corrected chi connectivity index (χ0v) is 18.7. The van der Waals surface area contributed by atoms with E-state index in [-0.39, 0.29) is 5.82 Å². The molecule has 0 bridgehead atoms. The van der Waals surface area contributed by atoms with Crippen molar-refractivity contribution in [1.29, 1.82) is 0 Å². The molecule has 2 saturated carbocycles. The van der Waals surface area contributed by atoms with Crippen LogP contribution in [0.4, 0.5) is 4.39 Å². The van der Waals surface area contributed by atoms with Crippen LogP contribution in [-0.4, -0.2) is 0 Å². The third kappa shape index (κ3) is 5.16. The molecule has 2 aromatic rings. The van der Waals surface area contributed by atoms with E-state index in [4.69, 9.17) is 11.6 Å². The lowest BCUT2D eigenvalue weighted by atomic mass is 9.63. The number of hydrogen-bond acceptors (Lipinski definition) is 0. The van der Waals surface area contributed by atoms with Crippen LogP contribution < -0.4 is 0 Å². The second kappa shape index (κ2) is 9.82. The first kappa shape index (κ1) is 21.2. The molecule has 29 heavy (non-hydrogen) atoms. The van der Waals surface area contributed by atoms with Crippen molar-refractivity contribution in [3.05, 3.63) is 46.7 Å². The van der Waals surface area contributed by atoms with Gasteiger partial charge >= 0.3 is 0 Å². The molecule has 0 heterocycles. The normalized spacial score (nSPS) is 27.1. The van der Waals surface area contributed by atoms with Gasteiger partial charge in [0.2, 0.25) is 0 Å². The number of rotatable bonds is 7. The maximum Gasteiger partial charge on any atom is 0.131 e. The first-order valence-corrected chi connectivity index (χ1v) is 12.4. The van der Waals surface area contributed by atoms with Gasteiger partial charge in [-0.3, -0.25) is 0 Å². The van der Waals surface area contributed by atoms with Gasteiger partial charge < -0.3 is 0 Å². The SMILES string of the molecule is CCCCCCC[C@@H]1CC[C@@H]2CC(c3cc(F)c4cc(Cl)ccc4c3)CCC2C1. The van der Waals surface area contributed by atoms with Crippen molar-refractivity contribution in [2.75, 3.05) is 0 Å². The summed E-state index contributed by atoms with van der Waals surface area (Å²) in [5.74, 6) is 3.15. The van der Waals surface area contributed by atoms with E-state index in [0.717, 1.165) is 23.1 Å². The van der Waals surface area contributed by atoms with Crippen LogP contribution in [0.2, 0.25) is 5.02 Å². The monoisotopic (exact) mass is 414 g/mol. The Morgan fingerprint density at radius 2 is 1.69 bits per heavy atom. The predicted octanol–water partition coefficient (Wildman–Crippen LogP) is 9.29. The van der Waals surface area contributed by atoms with E-state index in [1.54, 1.807) is 12.1 Å². The highest BCUT2D eigenvalue weighted by Crippen LogP contribution is 2.48. The molecule has 0 saturated heterocycles. The highest BCUT2D eigenvalue weighted by molar-refractivity contribution is 6.31. The molecule has 0 aliphatic heterocycles. The van der Waals surface area contributed by atoms with Crippen LogP contribution in [0.15, 0.2) is 30.3 Å². The Morgan fingerprint density at radius 1 is 0.897 bits per heavy atom. The minimum absolute atomic E-state index is 0.117. The summed E-state index contributed by atoms with van der Waals surface area (Å²) < 4.78 is 14.7. The molecule has 2 fully saturated rings. The van der Waals surface area contributed by atoms with Crippen LogP contribution in [0.25, 0.3) is 10.8 Å². The Hall–Kier alpha value is -1.08. The molecule has 4 atom stereocenters. The van der Waals surface area contributed by atoms with E-state index in [2.05, 4.69) is 13.0 Å². The molecule has 2 aliphatic rings. The van der Waals surface area contributed by atoms with Crippen molar-refractivity contribution in [2.24, 2.45) is 17.8 Å². The van der Waals surface area contributed by atoms with Gasteiger partial charge in [0, 0.05) is 10.4 Å². The lowest BCUT2D eigenvalue weighted by Gasteiger charge is -2.42. The van der Waals surface area contributed by atoms with Gasteiger partial charge in [0.25, 0.3) is 0 Å². The topological polar surface area (TPSA) is 0 Å². The summed E-state index contributed by atoms with van der Waals surface area (Å²) in [5.41, 5.74) is 1.20. The lowest BCUT2D eigenvalue weighted by molar-refractivity contribution is 0.113. The van der Waals surface area contributed by atoms with E-state index in [0.29, 0.717) is 16.3 Å². The van der Waals surface area contributed by atoms with Gasteiger partial charge in [-0.15, -0.1) is 0 Å². The van der Waals surface area contributed by atoms with Gasteiger partial charge in [0.1, 0.15) is 5.82 Å². The zero-order valence-electron chi connectivity index (χ0n) is 17.9. The minimum atomic E-state index is -0.117. The molecule has 0 aromatic heterocycles. The summed E-state index contributed by atoms with van der Waals surface area (Å²) in [6, 6.07) is 9.57. The van der Waals surface area contributed by atoms with Gasteiger partial charge in [0.05, 0.1) is 0 Å². The van der Waals surface area contributed by atoms with E-state index >= 15 is 0 Å². The number of unbranched alkanes of at least 4 members (excludes halogenated alkanes) is 4. The first-order chi connectivity index (χ1) is 14.1. The Kier molecular flexibility index (Phi) is 7.16. The van der Waals surface area contributed by atoms with Crippen molar-refractivity contribution in [3.63, 3.8) is 0 Å². The standard InChI is InChI=1S/C27H36ClF/c1-2-3-4-5-6-7-19-8-9-21-15-22(11-10-20(21)14-19)24-16-23-12-13-25(28)18-26(23)27(29)17-24/h12-13,16-22H,2-11,14-15H2,1H3/t19-,20?,21-,22?/m1/s1. The fourth-order valence-corrected chi connectivity index (χ4v) is 6.30. The zero-order chi connectivity index (χ0) is 20.2. The van der Waals surface area contributed by atoms with Crippen molar-refractivity contribution in [1.82, 2.24) is 0 Å². The van der Waals surface area contributed by atoms with Gasteiger partial charge in [-0.1, -0.05) is 75.6 Å². The molecule has 0 spiro atoms. The summed E-state index contributed by atoms with van der Waals surface area (Å²) in [6.07, 6.45) is 16.6. The van der Waals surface area contributed by atoms with Crippen LogP contribution in [0.1, 0.15) is 95.5 Å². The molecule has 4 rings (SSSR count). The summed E-state index contributed by atoms with van der Waals surface area (Å²) >= 11 is 6.05. The highest BCUT2D eigenvalue weighted by atomic mass is 35.5. The summed E-state index contributed by atoms with van der Waals surface area (Å²) in [7, 11) is 0. The average Bonchev–Trinajstić information content (AvgIpc) is 2.73. The molecular formula is C27H36ClF. The quantitative estimate of drug-likeness (QED) is 0.396. The minimum Gasteiger partial charge on any atom is -0.206 e. The maximum atomic E-state index is 14.7. The molecule has 0 amide bonds. The van der Waals surface area contributed by atoms with E-state index in [1.165, 1.54) is 82.6 Å². The van der Waals surface area contributed by atoms with E-state index < -0.39 is 0 Å². The second-order valence-electron chi connectivity index (χ2n) is 9.78. The third-order valence-electron chi connectivity index (χ3n) is 7.80. The highest BCUT2D eigenvalue weighted by Gasteiger charge is 2.36. The third-order valence-corrected chi connectivity index (χ3v) is 8.03. The Bertz CT molecular complexity index is 814. The molecule has 2 unspecified atom stereocenters. The fourth-order valence-electron chi connectivity index (χ4n) is 6.13. The lowest BCUT2D eigenvalue weighted by Crippen LogP contribution is -2.30. The molecular weight excluding hydrogens is 379 g/mol. The molecule has 2 aliphatic carbocycles. The largest absolute Gasteiger partial charge is 0.206 e. The van der Waals surface area contributed by atoms with Crippen molar-refractivity contribution < 1.29 is 4.39 Å². The van der Waals surface area contributed by atoms with Crippen LogP contribution in [-0.2, 0) is 0 Å². The second-order valence-corrected chi connectivity index (χ2v) is 10.2. The summed E-state index contributed by atoms with van der Waals surface area (Å²) in [4.78, 5) is 0. The van der Waals surface area contributed by atoms with Crippen LogP contribution in [0.5, 0.6) is 0 Å². The average molecular weight is 415 g/mol. The molecule has 2 aromatic carbocycles. The fraction of sp³-hybridized carbons (Fsp3) is 0.630. The van der Waals surface area contributed by atoms with E-state index in [9.17, 15) is 4.39 Å². The predicted molar refractivity (Wildman–Crippen MR) is 123 cm³/mol. The number of benzene rings is 2. The Labute approximate surface area is 181 Å². The number of fused-ring (bicyclic) bond motifs is 2. The molecule has 2 heteroatoms. The Balaban J connectivity index is 1.34. The number of halogens is 2. The van der Waals surface area contributed by atoms with Crippen molar-refractivity contribution in [3.8, 4) is 0 Å². The maximum absolute atomic E-state index is 14.7. The van der Waals surface area contributed by atoms with Crippen LogP contribution in [0.3, 0.4) is 0 Å². The number of hydrogen-bond donors (Lipinski definition) is 0. The first-order valence-electron chi connectivity index (χ1n) is 12.0. The Morgan fingerprint density at radius 3 is 2.55 bits per heavy atom. The van der Waals surface area contributed by atoms with Crippen molar-refractivity contribution >= 4 is 22.4 Å². The van der Waals surface area contributed by atoms with Gasteiger partial charge in [-0.25, -0.2) is 4.39 Å². The van der Waals surface area contributed by atoms with Gasteiger partial charge in [0.15, 0.2) is 0 Å².